The van der Waals surface area contributed by atoms with Gasteiger partial charge in [-0.3, -0.25) is 9.36 Å². The van der Waals surface area contributed by atoms with Crippen LogP contribution in [-0.2, 0) is 24.4 Å². The second-order valence-corrected chi connectivity index (χ2v) is 10.4. The van der Waals surface area contributed by atoms with Crippen LogP contribution in [0.1, 0.15) is 79.4 Å². The van der Waals surface area contributed by atoms with Gasteiger partial charge in [0.15, 0.2) is 5.69 Å². The number of rotatable bonds is 8. The van der Waals surface area contributed by atoms with Crippen LogP contribution in [0.25, 0.3) is 5.69 Å². The molecule has 0 spiro atoms. The molecular weight excluding hydrogens is 526 g/mol. The van der Waals surface area contributed by atoms with Gasteiger partial charge < -0.3 is 10.1 Å². The molecule has 1 amide bonds. The minimum atomic E-state index is -4.50. The minimum absolute atomic E-state index is 0.0724. The Morgan fingerprint density at radius 3 is 2.42 bits per heavy atom. The average molecular weight is 565 g/mol. The molecule has 12 heteroatoms. The van der Waals surface area contributed by atoms with Gasteiger partial charge in [0, 0.05) is 13.0 Å². The number of amides is 1. The molecule has 212 valence electrons. The lowest BCUT2D eigenvalue weighted by atomic mass is 9.83. The number of ether oxygens (including phenoxy) is 1. The second-order valence-electron chi connectivity index (χ2n) is 10.2. The van der Waals surface area contributed by atoms with Crippen molar-refractivity contribution in [2.45, 2.75) is 72.4 Å². The Morgan fingerprint density at radius 1 is 1.24 bits per heavy atom. The van der Waals surface area contributed by atoms with E-state index in [2.05, 4.69) is 17.2 Å². The van der Waals surface area contributed by atoms with Crippen LogP contribution in [0.5, 0.6) is 5.75 Å². The van der Waals surface area contributed by atoms with Crippen molar-refractivity contribution in [3.05, 3.63) is 41.2 Å². The summed E-state index contributed by atoms with van der Waals surface area (Å²) < 4.78 is 101. The fourth-order valence-electron chi connectivity index (χ4n) is 4.47. The summed E-state index contributed by atoms with van der Waals surface area (Å²) in [5, 5.41) is 2.76. The lowest BCUT2D eigenvalue weighted by molar-refractivity contribution is -0.211. The van der Waals surface area contributed by atoms with E-state index in [0.717, 1.165) is 50.2 Å². The number of halogens is 4. The van der Waals surface area contributed by atoms with Gasteiger partial charge in [-0.15, -0.1) is 0 Å². The Balaban J connectivity index is 0.00000187. The van der Waals surface area contributed by atoms with Gasteiger partial charge in [-0.1, -0.05) is 46.6 Å². The number of methoxy groups -OCH3 is 1. The molecule has 3 rings (SSSR count). The summed E-state index contributed by atoms with van der Waals surface area (Å²) in [5.74, 6) is -0.933. The first-order valence-electron chi connectivity index (χ1n) is 13.8. The molecule has 1 aromatic carbocycles. The summed E-state index contributed by atoms with van der Waals surface area (Å²) in [5.41, 5.74) is -2.44. The molecule has 1 aromatic heterocycles. The molecule has 0 saturated heterocycles. The zero-order chi connectivity index (χ0) is 31.2. The van der Waals surface area contributed by atoms with Gasteiger partial charge in [-0.05, 0) is 48.8 Å². The number of nitrogens with one attached hydrogen (secondary N) is 1. The van der Waals surface area contributed by atoms with E-state index in [-0.39, 0.29) is 29.2 Å². The molecule has 0 radical (unpaired) electrons. The Hall–Kier alpha value is -2.76. The molecule has 1 heterocycles. The molecule has 2 aromatic rings. The van der Waals surface area contributed by atoms with Crippen LogP contribution in [0.15, 0.2) is 18.2 Å². The number of aromatic nitrogens is 2. The van der Waals surface area contributed by atoms with Crippen molar-refractivity contribution in [2.75, 3.05) is 13.6 Å². The highest BCUT2D eigenvalue weighted by Crippen LogP contribution is 2.41. The van der Waals surface area contributed by atoms with Crippen molar-refractivity contribution in [1.29, 1.82) is 0 Å². The molecule has 1 aliphatic rings. The van der Waals surface area contributed by atoms with Crippen molar-refractivity contribution < 1.29 is 39.6 Å². The van der Waals surface area contributed by atoms with Gasteiger partial charge in [0.05, 0.1) is 22.3 Å². The topological polar surface area (TPSA) is 90.3 Å². The van der Waals surface area contributed by atoms with Crippen molar-refractivity contribution in [1.82, 2.24) is 14.9 Å². The molecule has 1 N–H and O–H groups in total. The number of imidazole rings is 1. The van der Waals surface area contributed by atoms with E-state index in [1.54, 1.807) is 6.92 Å². The molecule has 38 heavy (non-hydrogen) atoms. The van der Waals surface area contributed by atoms with Crippen LogP contribution in [0.3, 0.4) is 0 Å². The number of hydrogen-bond acceptors (Lipinski definition) is 5. The van der Waals surface area contributed by atoms with Crippen LogP contribution in [0.4, 0.5) is 17.6 Å². The first-order valence-corrected chi connectivity index (χ1v) is 13.0. The zero-order valence-corrected chi connectivity index (χ0v) is 22.6. The lowest BCUT2D eigenvalue weighted by Gasteiger charge is -2.28. The predicted molar refractivity (Wildman–Crippen MR) is 135 cm³/mol. The maximum atomic E-state index is 15.7. The van der Waals surface area contributed by atoms with Crippen molar-refractivity contribution in [2.24, 2.45) is 17.3 Å². The third kappa shape index (κ3) is 7.64. The van der Waals surface area contributed by atoms with E-state index in [9.17, 15) is 18.0 Å². The molecule has 0 atom stereocenters. The van der Waals surface area contributed by atoms with Crippen LogP contribution in [0.2, 0.25) is 0 Å². The van der Waals surface area contributed by atoms with Crippen LogP contribution in [-0.4, -0.2) is 43.6 Å². The van der Waals surface area contributed by atoms with Gasteiger partial charge in [0.2, 0.25) is 5.95 Å². The number of carbonyl (C=O) groups is 1. The summed E-state index contributed by atoms with van der Waals surface area (Å²) in [6.07, 6.45) is -0.647. The standard InChI is InChI=1S/C26H35F4N3O2.O2S/c1-6-21-32-22(24(34)31-15-17-9-7-16(2)8-10-17)23(27)33(21)19-12-11-18(13-20(19)35-5)14-25(3,4)26(28,29)30;1-3-2/h11-13,16-17H,6-10,14-15H2,1-5H3,(H,31,34);/i5D3;. The summed E-state index contributed by atoms with van der Waals surface area (Å²) in [6.45, 7) is 6.35. The minimum Gasteiger partial charge on any atom is -0.495 e. The molecule has 1 aliphatic carbocycles. The highest BCUT2D eigenvalue weighted by Gasteiger charge is 2.47. The Labute approximate surface area is 228 Å². The van der Waals surface area contributed by atoms with Crippen LogP contribution < -0.4 is 10.1 Å². The van der Waals surface area contributed by atoms with E-state index in [4.69, 9.17) is 17.3 Å². The molecule has 0 aliphatic heterocycles. The summed E-state index contributed by atoms with van der Waals surface area (Å²) in [7, 11) is -2.95. The van der Waals surface area contributed by atoms with Gasteiger partial charge >= 0.3 is 17.7 Å². The number of aryl methyl sites for hydroxylation is 1. The second kappa shape index (κ2) is 13.3. The van der Waals surface area contributed by atoms with E-state index < -0.39 is 54.2 Å². The van der Waals surface area contributed by atoms with Gasteiger partial charge in [-0.2, -0.15) is 26.0 Å². The van der Waals surface area contributed by atoms with Crippen molar-refractivity contribution in [3.63, 3.8) is 0 Å². The third-order valence-corrected chi connectivity index (χ3v) is 6.90. The van der Waals surface area contributed by atoms with Crippen molar-refractivity contribution in [3.8, 4) is 11.4 Å². The van der Waals surface area contributed by atoms with E-state index in [1.165, 1.54) is 12.1 Å². The quantitative estimate of drug-likeness (QED) is 0.422. The zero-order valence-electron chi connectivity index (χ0n) is 24.8. The van der Waals surface area contributed by atoms with Crippen molar-refractivity contribution >= 4 is 17.5 Å². The Morgan fingerprint density at radius 2 is 1.87 bits per heavy atom. The summed E-state index contributed by atoms with van der Waals surface area (Å²) >= 11 is -0.750. The molecule has 1 saturated carbocycles. The average Bonchev–Trinajstić information content (AvgIpc) is 3.18. The number of nitrogens with zero attached hydrogens (tertiary/aromatic N) is 2. The highest BCUT2D eigenvalue weighted by molar-refractivity contribution is 7.51. The number of alkyl halides is 3. The van der Waals surface area contributed by atoms with E-state index >= 15 is 4.39 Å². The van der Waals surface area contributed by atoms with Crippen LogP contribution >= 0.6 is 0 Å². The van der Waals surface area contributed by atoms with E-state index in [1.807, 2.05) is 0 Å². The fourth-order valence-corrected chi connectivity index (χ4v) is 4.47. The normalized spacial score (nSPS) is 19.3. The smallest absolute Gasteiger partial charge is 0.394 e. The SMILES string of the molecule is O=S=O.[2H]C([2H])([2H])Oc1cc(CC(C)(C)C(F)(F)F)ccc1-n1c(CC)nc(C(=O)NCC2CCC(C)CC2)c1F. The third-order valence-electron chi connectivity index (χ3n) is 6.90. The fraction of sp³-hybridized carbons (Fsp3) is 0.615. The molecule has 7 nitrogen and oxygen atoms in total. The molecule has 0 unspecified atom stereocenters. The maximum Gasteiger partial charge on any atom is 0.394 e. The monoisotopic (exact) mass is 564 g/mol. The Kier molecular flexibility index (Phi) is 9.42. The first kappa shape index (κ1) is 26.8. The first-order chi connectivity index (χ1) is 18.9. The Bertz CT molecular complexity index is 1240. The van der Waals surface area contributed by atoms with Gasteiger partial charge in [0.25, 0.3) is 5.91 Å². The van der Waals surface area contributed by atoms with E-state index in [0.29, 0.717) is 18.4 Å². The van der Waals surface area contributed by atoms with Crippen LogP contribution in [0, 0.1) is 23.2 Å². The maximum absolute atomic E-state index is 15.7. The number of benzene rings is 1. The summed E-state index contributed by atoms with van der Waals surface area (Å²) in [4.78, 5) is 17.0. The molecule has 1 fully saturated rings. The summed E-state index contributed by atoms with van der Waals surface area (Å²) in [6, 6.07) is 3.81. The number of hydrogen-bond donors (Lipinski definition) is 1. The lowest BCUT2D eigenvalue weighted by Crippen LogP contribution is -2.34. The van der Waals surface area contributed by atoms with Gasteiger partial charge in [0.1, 0.15) is 11.6 Å². The largest absolute Gasteiger partial charge is 0.495 e. The van der Waals surface area contributed by atoms with Gasteiger partial charge in [-0.25, -0.2) is 4.98 Å². The number of carbonyl (C=O) groups excluding carboxylic acids is 1. The molecule has 0 bridgehead atoms. The highest BCUT2D eigenvalue weighted by atomic mass is 32.1. The molecular formula is C26H35F4N3O4S. The predicted octanol–water partition coefficient (Wildman–Crippen LogP) is 5.60.